The van der Waals surface area contributed by atoms with E-state index in [1.807, 2.05) is 39.0 Å². The average Bonchev–Trinajstić information content (AvgIpc) is 2.90. The first-order chi connectivity index (χ1) is 10.5. The first-order valence-corrected chi connectivity index (χ1v) is 7.89. The Kier molecular flexibility index (Phi) is 5.29. The number of aliphatic hydroxyl groups excluding tert-OH is 1. The van der Waals surface area contributed by atoms with Crippen LogP contribution in [-0.2, 0) is 6.54 Å². The van der Waals surface area contributed by atoms with Crippen molar-refractivity contribution in [3.8, 4) is 5.75 Å². The van der Waals surface area contributed by atoms with Gasteiger partial charge in [0.15, 0.2) is 0 Å². The van der Waals surface area contributed by atoms with Gasteiger partial charge in [-0.3, -0.25) is 0 Å². The Morgan fingerprint density at radius 3 is 2.91 bits per heavy atom. The van der Waals surface area contributed by atoms with Crippen LogP contribution in [0, 0.1) is 6.92 Å². The van der Waals surface area contributed by atoms with Crippen molar-refractivity contribution in [2.45, 2.75) is 45.7 Å². The number of aryl methyl sites for hydroxylation is 1. The Balaban J connectivity index is 1.95. The number of nitrogens with one attached hydrogen (secondary N) is 1. The molecule has 1 saturated heterocycles. The number of aliphatic hydroxyl groups is 1. The second kappa shape index (κ2) is 7.01. The molecule has 22 heavy (non-hydrogen) atoms. The number of rotatable bonds is 5. The third kappa shape index (κ3) is 3.53. The van der Waals surface area contributed by atoms with Crippen LogP contribution in [0.3, 0.4) is 0 Å². The maximum Gasteiger partial charge on any atom is 0.318 e. The van der Waals surface area contributed by atoms with Crippen LogP contribution in [-0.4, -0.2) is 41.3 Å². The summed E-state index contributed by atoms with van der Waals surface area (Å²) in [5.74, 6) is 0.880. The summed E-state index contributed by atoms with van der Waals surface area (Å²) >= 11 is 0. The van der Waals surface area contributed by atoms with Crippen molar-refractivity contribution in [2.75, 3.05) is 19.8 Å². The molecule has 5 heteroatoms. The van der Waals surface area contributed by atoms with E-state index in [9.17, 15) is 9.90 Å². The van der Waals surface area contributed by atoms with E-state index in [-0.39, 0.29) is 12.6 Å². The van der Waals surface area contributed by atoms with Crippen molar-refractivity contribution < 1.29 is 14.6 Å². The van der Waals surface area contributed by atoms with Crippen molar-refractivity contribution >= 4 is 6.03 Å². The van der Waals surface area contributed by atoms with Gasteiger partial charge in [-0.2, -0.15) is 0 Å². The van der Waals surface area contributed by atoms with E-state index >= 15 is 0 Å². The van der Waals surface area contributed by atoms with Gasteiger partial charge in [0.25, 0.3) is 0 Å². The van der Waals surface area contributed by atoms with Crippen LogP contribution in [0.5, 0.6) is 5.75 Å². The molecule has 1 atom stereocenters. The number of hydrogen-bond acceptors (Lipinski definition) is 3. The minimum atomic E-state index is -0.432. The second-order valence-electron chi connectivity index (χ2n) is 6.10. The van der Waals surface area contributed by atoms with Crippen LogP contribution >= 0.6 is 0 Å². The summed E-state index contributed by atoms with van der Waals surface area (Å²) < 4.78 is 5.52. The number of ether oxygens (including phenoxy) is 1. The monoisotopic (exact) mass is 306 g/mol. The van der Waals surface area contributed by atoms with Crippen molar-refractivity contribution in [2.24, 2.45) is 0 Å². The Hall–Kier alpha value is -1.75. The van der Waals surface area contributed by atoms with Gasteiger partial charge in [0, 0.05) is 13.1 Å². The predicted octanol–water partition coefficient (Wildman–Crippen LogP) is 2.45. The zero-order valence-electron chi connectivity index (χ0n) is 13.7. The molecule has 1 aliphatic heterocycles. The molecule has 1 heterocycles. The number of nitrogens with zero attached hydrogens (tertiary/aromatic N) is 1. The van der Waals surface area contributed by atoms with Gasteiger partial charge in [-0.15, -0.1) is 0 Å². The summed E-state index contributed by atoms with van der Waals surface area (Å²) in [6.07, 6.45) is 1.78. The fourth-order valence-electron chi connectivity index (χ4n) is 2.95. The fourth-order valence-corrected chi connectivity index (χ4v) is 2.95. The van der Waals surface area contributed by atoms with Gasteiger partial charge in [-0.05, 0) is 50.8 Å². The highest BCUT2D eigenvalue weighted by molar-refractivity contribution is 5.75. The maximum atomic E-state index is 12.3. The number of carbonyl (C=O) groups excluding carboxylic acids is 1. The standard InChI is InChI=1S/C17H26N2O3/c1-4-22-15-7-6-14(10-13(15)2)11-18-16(21)19-9-5-8-17(19,3)12-20/h6-7,10,20H,4-5,8-9,11-12H2,1-3H3,(H,18,21)/t17-/m0/s1. The predicted molar refractivity (Wildman–Crippen MR) is 86.0 cm³/mol. The van der Waals surface area contributed by atoms with E-state index in [0.29, 0.717) is 19.7 Å². The summed E-state index contributed by atoms with van der Waals surface area (Å²) in [4.78, 5) is 14.1. The molecule has 5 nitrogen and oxygen atoms in total. The molecule has 2 amide bonds. The smallest absolute Gasteiger partial charge is 0.318 e. The molecule has 0 aliphatic carbocycles. The molecule has 1 aromatic carbocycles. The molecule has 0 bridgehead atoms. The molecule has 2 N–H and O–H groups in total. The van der Waals surface area contributed by atoms with E-state index in [0.717, 1.165) is 29.7 Å². The zero-order valence-corrected chi connectivity index (χ0v) is 13.7. The first-order valence-electron chi connectivity index (χ1n) is 7.89. The maximum absolute atomic E-state index is 12.3. The van der Waals surface area contributed by atoms with Gasteiger partial charge in [-0.1, -0.05) is 12.1 Å². The van der Waals surface area contributed by atoms with E-state index in [4.69, 9.17) is 4.74 Å². The van der Waals surface area contributed by atoms with E-state index < -0.39 is 5.54 Å². The SMILES string of the molecule is CCOc1ccc(CNC(=O)N2CCC[C@@]2(C)CO)cc1C. The Morgan fingerprint density at radius 2 is 2.27 bits per heavy atom. The molecule has 0 unspecified atom stereocenters. The molecule has 1 aliphatic rings. The lowest BCUT2D eigenvalue weighted by Gasteiger charge is -2.33. The average molecular weight is 306 g/mol. The molecular weight excluding hydrogens is 280 g/mol. The molecule has 122 valence electrons. The zero-order chi connectivity index (χ0) is 16.2. The van der Waals surface area contributed by atoms with Crippen LogP contribution in [0.1, 0.15) is 37.8 Å². The molecule has 0 radical (unpaired) electrons. The third-order valence-corrected chi connectivity index (χ3v) is 4.32. The number of urea groups is 1. The fraction of sp³-hybridized carbons (Fsp3) is 0.588. The van der Waals surface area contributed by atoms with E-state index in [1.165, 1.54) is 0 Å². The van der Waals surface area contributed by atoms with Crippen LogP contribution in [0.4, 0.5) is 4.79 Å². The number of likely N-dealkylation sites (tertiary alicyclic amines) is 1. The van der Waals surface area contributed by atoms with Crippen molar-refractivity contribution in [1.29, 1.82) is 0 Å². The Labute approximate surface area is 132 Å². The minimum absolute atomic E-state index is 0.00256. The lowest BCUT2D eigenvalue weighted by molar-refractivity contribution is 0.0973. The normalized spacial score (nSPS) is 21.0. The van der Waals surface area contributed by atoms with Gasteiger partial charge >= 0.3 is 6.03 Å². The number of hydrogen-bond donors (Lipinski definition) is 2. The minimum Gasteiger partial charge on any atom is -0.494 e. The van der Waals surface area contributed by atoms with Gasteiger partial charge in [0.05, 0.1) is 18.8 Å². The van der Waals surface area contributed by atoms with Gasteiger partial charge in [0.1, 0.15) is 5.75 Å². The summed E-state index contributed by atoms with van der Waals surface area (Å²) in [6.45, 7) is 7.71. The molecule has 2 rings (SSSR count). The summed E-state index contributed by atoms with van der Waals surface area (Å²) in [5, 5.41) is 12.5. The van der Waals surface area contributed by atoms with Crippen molar-refractivity contribution in [3.63, 3.8) is 0 Å². The summed E-state index contributed by atoms with van der Waals surface area (Å²) in [6, 6.07) is 5.82. The highest BCUT2D eigenvalue weighted by atomic mass is 16.5. The van der Waals surface area contributed by atoms with Crippen LogP contribution < -0.4 is 10.1 Å². The van der Waals surface area contributed by atoms with Crippen LogP contribution in [0.15, 0.2) is 18.2 Å². The van der Waals surface area contributed by atoms with Crippen LogP contribution in [0.25, 0.3) is 0 Å². The van der Waals surface area contributed by atoms with E-state index in [2.05, 4.69) is 5.32 Å². The molecular formula is C17H26N2O3. The topological polar surface area (TPSA) is 61.8 Å². The molecule has 1 aromatic rings. The van der Waals surface area contributed by atoms with Gasteiger partial charge in [-0.25, -0.2) is 4.79 Å². The molecule has 0 aromatic heterocycles. The first kappa shape index (κ1) is 16.6. The number of benzene rings is 1. The van der Waals surface area contributed by atoms with Crippen LogP contribution in [0.2, 0.25) is 0 Å². The second-order valence-corrected chi connectivity index (χ2v) is 6.10. The molecule has 0 saturated carbocycles. The van der Waals surface area contributed by atoms with Gasteiger partial charge < -0.3 is 20.1 Å². The third-order valence-electron chi connectivity index (χ3n) is 4.32. The number of amides is 2. The lowest BCUT2D eigenvalue weighted by Crippen LogP contribution is -2.51. The summed E-state index contributed by atoms with van der Waals surface area (Å²) in [7, 11) is 0. The quantitative estimate of drug-likeness (QED) is 0.878. The van der Waals surface area contributed by atoms with Crippen molar-refractivity contribution in [3.05, 3.63) is 29.3 Å². The van der Waals surface area contributed by atoms with Crippen molar-refractivity contribution in [1.82, 2.24) is 10.2 Å². The van der Waals surface area contributed by atoms with E-state index in [1.54, 1.807) is 4.90 Å². The largest absolute Gasteiger partial charge is 0.494 e. The highest BCUT2D eigenvalue weighted by Gasteiger charge is 2.38. The Bertz CT molecular complexity index is 533. The van der Waals surface area contributed by atoms with Gasteiger partial charge in [0.2, 0.25) is 0 Å². The molecule has 0 spiro atoms. The number of carbonyl (C=O) groups is 1. The lowest BCUT2D eigenvalue weighted by atomic mass is 10.0. The summed E-state index contributed by atoms with van der Waals surface area (Å²) in [5.41, 5.74) is 1.67. The molecule has 1 fully saturated rings. The Morgan fingerprint density at radius 1 is 1.50 bits per heavy atom. The highest BCUT2D eigenvalue weighted by Crippen LogP contribution is 2.28.